The zero-order valence-electron chi connectivity index (χ0n) is 17.5. The molecular formula is C24H26N4O3. The van der Waals surface area contributed by atoms with Gasteiger partial charge in [0.2, 0.25) is 5.91 Å². The Kier molecular flexibility index (Phi) is 5.53. The first-order valence-electron chi connectivity index (χ1n) is 10.8. The second kappa shape index (κ2) is 8.61. The van der Waals surface area contributed by atoms with Gasteiger partial charge >= 0.3 is 0 Å². The Morgan fingerprint density at radius 2 is 1.58 bits per heavy atom. The largest absolute Gasteiger partial charge is 0.379 e. The van der Waals surface area contributed by atoms with E-state index >= 15 is 0 Å². The average Bonchev–Trinajstić information content (AvgIpc) is 2.84. The van der Waals surface area contributed by atoms with Gasteiger partial charge in [0, 0.05) is 50.9 Å². The maximum absolute atomic E-state index is 13.4. The van der Waals surface area contributed by atoms with Crippen LogP contribution >= 0.6 is 0 Å². The fourth-order valence-corrected chi connectivity index (χ4v) is 4.47. The van der Waals surface area contributed by atoms with Gasteiger partial charge in [-0.15, -0.1) is 0 Å². The fraction of sp³-hybridized carbons (Fsp3) is 0.375. The number of amides is 2. The van der Waals surface area contributed by atoms with E-state index in [0.717, 1.165) is 34.8 Å². The van der Waals surface area contributed by atoms with Crippen LogP contribution < -0.4 is 0 Å². The fourth-order valence-electron chi connectivity index (χ4n) is 4.47. The van der Waals surface area contributed by atoms with E-state index in [2.05, 4.69) is 16.0 Å². The van der Waals surface area contributed by atoms with Crippen LogP contribution in [0, 0.1) is 0 Å². The smallest absolute Gasteiger partial charge is 0.256 e. The molecule has 3 heterocycles. The number of hydrogen-bond acceptors (Lipinski definition) is 5. The van der Waals surface area contributed by atoms with Crippen LogP contribution in [0.2, 0.25) is 0 Å². The lowest BCUT2D eigenvalue weighted by Crippen LogP contribution is -2.53. The lowest BCUT2D eigenvalue weighted by molar-refractivity contribution is -0.134. The van der Waals surface area contributed by atoms with Gasteiger partial charge in [-0.25, -0.2) is 0 Å². The van der Waals surface area contributed by atoms with Crippen molar-refractivity contribution in [3.63, 3.8) is 0 Å². The summed E-state index contributed by atoms with van der Waals surface area (Å²) in [6.45, 7) is 5.59. The molecule has 7 nitrogen and oxygen atoms in total. The number of ether oxygens (including phenoxy) is 1. The normalized spacial score (nSPS) is 17.9. The molecule has 2 aromatic carbocycles. The van der Waals surface area contributed by atoms with E-state index in [1.54, 1.807) is 6.20 Å². The van der Waals surface area contributed by atoms with Crippen LogP contribution in [0.15, 0.2) is 48.7 Å². The summed E-state index contributed by atoms with van der Waals surface area (Å²) in [6.07, 6.45) is 1.73. The molecule has 0 aliphatic carbocycles. The molecule has 2 saturated heterocycles. The molecule has 0 spiro atoms. The highest BCUT2D eigenvalue weighted by Gasteiger charge is 2.27. The second-order valence-corrected chi connectivity index (χ2v) is 8.11. The molecule has 1 aromatic heterocycles. The first-order valence-corrected chi connectivity index (χ1v) is 10.8. The lowest BCUT2D eigenvalue weighted by Gasteiger charge is -2.36. The van der Waals surface area contributed by atoms with Crippen LogP contribution in [0.5, 0.6) is 0 Å². The van der Waals surface area contributed by atoms with Gasteiger partial charge in [-0.2, -0.15) is 0 Å². The molecule has 0 saturated carbocycles. The number of pyridine rings is 1. The summed E-state index contributed by atoms with van der Waals surface area (Å²) in [5.41, 5.74) is 1.36. The molecule has 31 heavy (non-hydrogen) atoms. The number of hydrogen-bond donors (Lipinski definition) is 0. The highest BCUT2D eigenvalue weighted by molar-refractivity contribution is 6.15. The molecule has 2 amide bonds. The van der Waals surface area contributed by atoms with Crippen molar-refractivity contribution in [3.8, 4) is 0 Å². The number of nitrogens with zero attached hydrogens (tertiary/aromatic N) is 4. The SMILES string of the molecule is O=C(CN1CCOCC1)N1CCN(C(=O)c2cc3ccccc3c3cccnc23)CC1. The summed E-state index contributed by atoms with van der Waals surface area (Å²) in [5.74, 6) is 0.113. The highest BCUT2D eigenvalue weighted by Crippen LogP contribution is 2.28. The molecule has 5 rings (SSSR count). The summed E-state index contributed by atoms with van der Waals surface area (Å²) in [7, 11) is 0. The number of fused-ring (bicyclic) bond motifs is 3. The van der Waals surface area contributed by atoms with Crippen molar-refractivity contribution in [1.82, 2.24) is 19.7 Å². The monoisotopic (exact) mass is 418 g/mol. The van der Waals surface area contributed by atoms with E-state index < -0.39 is 0 Å². The van der Waals surface area contributed by atoms with Gasteiger partial charge in [0.05, 0.1) is 30.8 Å². The summed E-state index contributed by atoms with van der Waals surface area (Å²) >= 11 is 0. The van der Waals surface area contributed by atoms with Crippen molar-refractivity contribution >= 4 is 33.5 Å². The minimum absolute atomic E-state index is 0.0188. The number of morpholine rings is 1. The molecule has 160 valence electrons. The number of carbonyl (C=O) groups is 2. The molecule has 2 aliphatic rings. The van der Waals surface area contributed by atoms with Gasteiger partial charge in [0.25, 0.3) is 5.91 Å². The number of piperazine rings is 1. The predicted molar refractivity (Wildman–Crippen MR) is 119 cm³/mol. The highest BCUT2D eigenvalue weighted by atomic mass is 16.5. The van der Waals surface area contributed by atoms with E-state index in [1.165, 1.54) is 0 Å². The van der Waals surface area contributed by atoms with Crippen molar-refractivity contribution in [1.29, 1.82) is 0 Å². The molecule has 3 aromatic rings. The first kappa shape index (κ1) is 19.9. The number of rotatable bonds is 3. The average molecular weight is 418 g/mol. The standard InChI is InChI=1S/C24H26N4O3/c29-22(17-26-12-14-31-15-13-26)27-8-10-28(11-9-27)24(30)21-16-18-4-1-2-5-19(18)20-6-3-7-25-23(20)21/h1-7,16H,8-15,17H2. The molecule has 2 aliphatic heterocycles. The number of carbonyl (C=O) groups excluding carboxylic acids is 2. The molecule has 0 N–H and O–H groups in total. The zero-order valence-corrected chi connectivity index (χ0v) is 17.5. The van der Waals surface area contributed by atoms with Gasteiger partial charge in [-0.3, -0.25) is 19.5 Å². The van der Waals surface area contributed by atoms with Crippen molar-refractivity contribution in [2.45, 2.75) is 0 Å². The third-order valence-corrected chi connectivity index (χ3v) is 6.23. The van der Waals surface area contributed by atoms with Crippen molar-refractivity contribution in [2.24, 2.45) is 0 Å². The van der Waals surface area contributed by atoms with Crippen LogP contribution in [0.1, 0.15) is 10.4 Å². The number of benzene rings is 2. The zero-order chi connectivity index (χ0) is 21.2. The quantitative estimate of drug-likeness (QED) is 0.609. The van der Waals surface area contributed by atoms with Crippen molar-refractivity contribution in [3.05, 3.63) is 54.2 Å². The molecule has 0 radical (unpaired) electrons. The van der Waals surface area contributed by atoms with Gasteiger partial charge in [-0.1, -0.05) is 30.3 Å². The summed E-state index contributed by atoms with van der Waals surface area (Å²) in [5, 5.41) is 3.12. The van der Waals surface area contributed by atoms with Gasteiger partial charge in [0.1, 0.15) is 0 Å². The van der Waals surface area contributed by atoms with Gasteiger partial charge in [-0.05, 0) is 22.9 Å². The predicted octanol–water partition coefficient (Wildman–Crippen LogP) is 2.00. The van der Waals surface area contributed by atoms with E-state index in [9.17, 15) is 9.59 Å². The van der Waals surface area contributed by atoms with E-state index in [4.69, 9.17) is 4.74 Å². The molecule has 0 atom stereocenters. The molecule has 2 fully saturated rings. The number of aromatic nitrogens is 1. The van der Waals surface area contributed by atoms with E-state index in [1.807, 2.05) is 46.2 Å². The Bertz CT molecular complexity index is 1120. The maximum Gasteiger partial charge on any atom is 0.256 e. The van der Waals surface area contributed by atoms with Crippen molar-refractivity contribution in [2.75, 3.05) is 59.0 Å². The Balaban J connectivity index is 1.31. The van der Waals surface area contributed by atoms with Crippen LogP contribution in [0.25, 0.3) is 21.7 Å². The minimum Gasteiger partial charge on any atom is -0.379 e. The Hall–Kier alpha value is -3.03. The first-order chi connectivity index (χ1) is 15.2. The Labute approximate surface area is 181 Å². The van der Waals surface area contributed by atoms with E-state index in [0.29, 0.717) is 51.5 Å². The molecule has 0 unspecified atom stereocenters. The van der Waals surface area contributed by atoms with Gasteiger partial charge in [0.15, 0.2) is 0 Å². The van der Waals surface area contributed by atoms with E-state index in [-0.39, 0.29) is 11.8 Å². The van der Waals surface area contributed by atoms with Gasteiger partial charge < -0.3 is 14.5 Å². The summed E-state index contributed by atoms with van der Waals surface area (Å²) in [4.78, 5) is 36.5. The summed E-state index contributed by atoms with van der Waals surface area (Å²) in [6, 6.07) is 13.9. The second-order valence-electron chi connectivity index (χ2n) is 8.11. The topological polar surface area (TPSA) is 66.0 Å². The van der Waals surface area contributed by atoms with Crippen LogP contribution in [0.4, 0.5) is 0 Å². The maximum atomic E-state index is 13.4. The minimum atomic E-state index is -0.0188. The molecule has 7 heteroatoms. The van der Waals surface area contributed by atoms with Crippen molar-refractivity contribution < 1.29 is 14.3 Å². The third-order valence-electron chi connectivity index (χ3n) is 6.23. The third kappa shape index (κ3) is 3.98. The summed E-state index contributed by atoms with van der Waals surface area (Å²) < 4.78 is 5.35. The Morgan fingerprint density at radius 1 is 0.871 bits per heavy atom. The van der Waals surface area contributed by atoms with Crippen LogP contribution in [-0.4, -0.2) is 90.5 Å². The Morgan fingerprint density at radius 3 is 2.39 bits per heavy atom. The molecular weight excluding hydrogens is 392 g/mol. The molecule has 0 bridgehead atoms. The lowest BCUT2D eigenvalue weighted by atomic mass is 10.00. The van der Waals surface area contributed by atoms with Crippen LogP contribution in [0.3, 0.4) is 0 Å². The van der Waals surface area contributed by atoms with Crippen LogP contribution in [-0.2, 0) is 9.53 Å².